The van der Waals surface area contributed by atoms with Gasteiger partial charge in [-0.15, -0.1) is 11.3 Å². The monoisotopic (exact) mass is 717 g/mol. The number of hydrogen-bond donors (Lipinski definition) is 1. The molecule has 1 aromatic heterocycles. The van der Waals surface area contributed by atoms with E-state index in [1.54, 1.807) is 11.3 Å². The van der Waals surface area contributed by atoms with Crippen molar-refractivity contribution in [1.82, 2.24) is 10.3 Å². The highest BCUT2D eigenvalue weighted by atomic mass is 32.1. The Bertz CT molecular complexity index is 1870. The molecule has 0 radical (unpaired) electrons. The summed E-state index contributed by atoms with van der Waals surface area (Å²) in [5.74, 6) is 2.10. The highest BCUT2D eigenvalue weighted by Gasteiger charge is 2.10. The second-order valence-electron chi connectivity index (χ2n) is 12.3. The van der Waals surface area contributed by atoms with Gasteiger partial charge in [-0.1, -0.05) is 72.8 Å². The minimum Gasteiger partial charge on any atom is -0.493 e. The molecule has 0 saturated heterocycles. The Morgan fingerprint density at radius 2 is 1.29 bits per heavy atom. The summed E-state index contributed by atoms with van der Waals surface area (Å²) in [6, 6.07) is 42.8. The number of hydrogen-bond acceptors (Lipinski definition) is 9. The van der Waals surface area contributed by atoms with Gasteiger partial charge in [-0.3, -0.25) is 0 Å². The van der Waals surface area contributed by atoms with Crippen molar-refractivity contribution in [3.05, 3.63) is 139 Å². The predicted molar refractivity (Wildman–Crippen MR) is 211 cm³/mol. The maximum absolute atomic E-state index is 6.17. The molecule has 0 spiro atoms. The molecule has 5 aromatic carbocycles. The lowest BCUT2D eigenvalue weighted by Crippen LogP contribution is -2.24. The van der Waals surface area contributed by atoms with Crippen LogP contribution < -0.4 is 24.4 Å². The number of nitrogens with one attached hydrogen (secondary N) is 1. The van der Waals surface area contributed by atoms with Crippen molar-refractivity contribution in [3.8, 4) is 27.8 Å². The van der Waals surface area contributed by atoms with Crippen LogP contribution in [0, 0.1) is 0 Å². The average Bonchev–Trinajstić information content (AvgIpc) is 3.64. The first-order chi connectivity index (χ1) is 25.7. The van der Waals surface area contributed by atoms with E-state index in [0.717, 1.165) is 64.7 Å². The van der Waals surface area contributed by atoms with Crippen LogP contribution in [0.25, 0.3) is 20.8 Å². The zero-order valence-electron chi connectivity index (χ0n) is 29.7. The fourth-order valence-electron chi connectivity index (χ4n) is 5.44. The molecular weight excluding hydrogens is 671 g/mol. The van der Waals surface area contributed by atoms with E-state index >= 15 is 0 Å². The lowest BCUT2D eigenvalue weighted by Gasteiger charge is -2.19. The zero-order valence-corrected chi connectivity index (χ0v) is 30.6. The van der Waals surface area contributed by atoms with Gasteiger partial charge in [0.05, 0.1) is 43.3 Å². The molecule has 0 aliphatic carbocycles. The van der Waals surface area contributed by atoms with E-state index in [1.807, 2.05) is 84.9 Å². The van der Waals surface area contributed by atoms with Gasteiger partial charge in [-0.2, -0.15) is 0 Å². The van der Waals surface area contributed by atoms with Gasteiger partial charge < -0.3 is 33.9 Å². The van der Waals surface area contributed by atoms with Crippen molar-refractivity contribution in [2.24, 2.45) is 0 Å². The first-order valence-electron chi connectivity index (χ1n) is 17.8. The molecule has 9 heteroatoms. The van der Waals surface area contributed by atoms with Gasteiger partial charge in [0.15, 0.2) is 11.5 Å². The van der Waals surface area contributed by atoms with Crippen LogP contribution in [0.2, 0.25) is 0 Å². The number of ether oxygens (including phenoxy) is 5. The van der Waals surface area contributed by atoms with Crippen molar-refractivity contribution >= 4 is 27.2 Å². The van der Waals surface area contributed by atoms with Crippen LogP contribution in [-0.2, 0) is 22.7 Å². The van der Waals surface area contributed by atoms with Gasteiger partial charge >= 0.3 is 0 Å². The number of para-hydroxylation sites is 1. The molecule has 6 aromatic rings. The highest BCUT2D eigenvalue weighted by molar-refractivity contribution is 7.21. The van der Waals surface area contributed by atoms with Crippen molar-refractivity contribution in [3.63, 3.8) is 0 Å². The Morgan fingerprint density at radius 3 is 2.02 bits per heavy atom. The lowest BCUT2D eigenvalue weighted by molar-refractivity contribution is 0.0516. The van der Waals surface area contributed by atoms with Crippen LogP contribution in [0.5, 0.6) is 17.2 Å². The van der Waals surface area contributed by atoms with Crippen molar-refractivity contribution < 1.29 is 23.7 Å². The molecule has 0 saturated carbocycles. The Hall–Kier alpha value is -4.93. The van der Waals surface area contributed by atoms with Gasteiger partial charge in [0.1, 0.15) is 24.0 Å². The minimum absolute atomic E-state index is 0.448. The number of anilines is 1. The Labute approximate surface area is 310 Å². The quantitative estimate of drug-likeness (QED) is 0.0700. The topological polar surface area (TPSA) is 74.3 Å². The molecule has 0 aliphatic heterocycles. The normalized spacial score (nSPS) is 11.1. The number of fused-ring (bicyclic) bond motifs is 1. The maximum Gasteiger partial charge on any atom is 0.165 e. The summed E-state index contributed by atoms with van der Waals surface area (Å²) in [6.07, 6.45) is 0.869. The summed E-state index contributed by atoms with van der Waals surface area (Å²) in [7, 11) is 2.08. The molecule has 8 nitrogen and oxygen atoms in total. The first-order valence-corrected chi connectivity index (χ1v) is 18.7. The molecule has 1 heterocycles. The second kappa shape index (κ2) is 20.2. The number of thiazole rings is 1. The van der Waals surface area contributed by atoms with E-state index in [9.17, 15) is 0 Å². The second-order valence-corrected chi connectivity index (χ2v) is 13.3. The molecule has 270 valence electrons. The summed E-state index contributed by atoms with van der Waals surface area (Å²) in [5.41, 5.74) is 5.53. The Kier molecular flexibility index (Phi) is 14.3. The van der Waals surface area contributed by atoms with Crippen molar-refractivity contribution in [2.75, 3.05) is 64.6 Å². The van der Waals surface area contributed by atoms with Gasteiger partial charge in [0, 0.05) is 37.5 Å². The molecule has 0 bridgehead atoms. The number of likely N-dealkylation sites (N-methyl/N-ethyl adjacent to an activating group) is 1. The number of rotatable bonds is 22. The van der Waals surface area contributed by atoms with E-state index < -0.39 is 0 Å². The fraction of sp³-hybridized carbons (Fsp3) is 0.279. The first kappa shape index (κ1) is 36.8. The average molecular weight is 718 g/mol. The van der Waals surface area contributed by atoms with E-state index in [1.165, 1.54) is 4.70 Å². The highest BCUT2D eigenvalue weighted by Crippen LogP contribution is 2.33. The van der Waals surface area contributed by atoms with Crippen molar-refractivity contribution in [2.45, 2.75) is 19.6 Å². The molecule has 0 aliphatic rings. The maximum atomic E-state index is 6.17. The smallest absolute Gasteiger partial charge is 0.165 e. The summed E-state index contributed by atoms with van der Waals surface area (Å²) in [4.78, 5) is 6.97. The summed E-state index contributed by atoms with van der Waals surface area (Å²) < 4.78 is 31.1. The van der Waals surface area contributed by atoms with Crippen LogP contribution in [0.15, 0.2) is 127 Å². The molecule has 0 unspecified atom stereocenters. The number of benzene rings is 5. The molecule has 1 N–H and O–H groups in total. The molecule has 0 fully saturated rings. The third-order valence-electron chi connectivity index (χ3n) is 8.37. The van der Waals surface area contributed by atoms with Crippen LogP contribution in [-0.4, -0.2) is 64.7 Å². The Balaban J connectivity index is 0.807. The molecule has 6 rings (SSSR count). The molecular formula is C43H47N3O5S. The van der Waals surface area contributed by atoms with Gasteiger partial charge in [-0.05, 0) is 72.6 Å². The zero-order chi connectivity index (χ0) is 35.6. The number of aromatic nitrogens is 1. The fourth-order valence-corrected chi connectivity index (χ4v) is 6.42. The van der Waals surface area contributed by atoms with Crippen LogP contribution in [0.4, 0.5) is 5.69 Å². The van der Waals surface area contributed by atoms with Gasteiger partial charge in [0.25, 0.3) is 0 Å². The SMILES string of the molecule is CN(CCOCCOCCNCCCOc1ccc(OCc2ccccc2)c(OCc2ccccc2)c1)c1ccc(-c2nc3ccccc3s2)cc1. The molecule has 0 atom stereocenters. The van der Waals surface area contributed by atoms with E-state index in [4.69, 9.17) is 28.7 Å². The van der Waals surface area contributed by atoms with Crippen LogP contribution in [0.3, 0.4) is 0 Å². The van der Waals surface area contributed by atoms with E-state index in [0.29, 0.717) is 57.7 Å². The summed E-state index contributed by atoms with van der Waals surface area (Å²) >= 11 is 1.72. The van der Waals surface area contributed by atoms with Gasteiger partial charge in [-0.25, -0.2) is 4.98 Å². The predicted octanol–water partition coefficient (Wildman–Crippen LogP) is 8.65. The van der Waals surface area contributed by atoms with Gasteiger partial charge in [0.2, 0.25) is 0 Å². The lowest BCUT2D eigenvalue weighted by atomic mass is 10.2. The Morgan fingerprint density at radius 1 is 0.615 bits per heavy atom. The van der Waals surface area contributed by atoms with Crippen LogP contribution in [0.1, 0.15) is 17.5 Å². The summed E-state index contributed by atoms with van der Waals surface area (Å²) in [5, 5.41) is 4.47. The van der Waals surface area contributed by atoms with Crippen LogP contribution >= 0.6 is 11.3 Å². The summed E-state index contributed by atoms with van der Waals surface area (Å²) in [6.45, 7) is 6.35. The van der Waals surface area contributed by atoms with Crippen molar-refractivity contribution in [1.29, 1.82) is 0 Å². The standard InChI is InChI=1S/C43H47N3O5S/c1-46(37-19-17-36(18-20-37)43-45-39-15-8-9-16-42(39)52-43)25-28-48-30-29-47-27-24-44-23-10-26-49-38-21-22-40(50-32-34-11-4-2-5-12-34)41(31-38)51-33-35-13-6-3-7-14-35/h2-9,11-22,31,44H,10,23-30,32-33H2,1H3. The van der Waals surface area contributed by atoms with E-state index in [2.05, 4.69) is 59.7 Å². The number of nitrogens with zero attached hydrogens (tertiary/aromatic N) is 2. The largest absolute Gasteiger partial charge is 0.493 e. The molecule has 0 amide bonds. The minimum atomic E-state index is 0.448. The molecule has 52 heavy (non-hydrogen) atoms. The van der Waals surface area contributed by atoms with E-state index in [-0.39, 0.29) is 0 Å². The third kappa shape index (κ3) is 11.5. The third-order valence-corrected chi connectivity index (χ3v) is 9.46.